The van der Waals surface area contributed by atoms with Gasteiger partial charge in [0.1, 0.15) is 20.2 Å². The number of ether oxygens (including phenoxy) is 4. The molecule has 0 aliphatic heterocycles. The monoisotopic (exact) mass is 1420 g/mol. The Morgan fingerprint density at radius 3 is 0.696 bits per heavy atom. The Morgan fingerprint density at radius 2 is 0.480 bits per heavy atom. The van der Waals surface area contributed by atoms with E-state index in [1.807, 2.05) is 121 Å². The van der Waals surface area contributed by atoms with Crippen LogP contribution in [0.3, 0.4) is 0 Å². The van der Waals surface area contributed by atoms with Crippen LogP contribution in [0, 0.1) is 0 Å². The van der Waals surface area contributed by atoms with Gasteiger partial charge in [0.05, 0.1) is 38.2 Å². The molecule has 0 bridgehead atoms. The normalized spacial score (nSPS) is 11.0. The van der Waals surface area contributed by atoms with Crippen LogP contribution in [0.15, 0.2) is 216 Å². The van der Waals surface area contributed by atoms with Crippen molar-refractivity contribution in [3.8, 4) is 24.0 Å². The molecule has 4 heterocycles. The Kier molecular flexibility index (Phi) is 26.2. The minimum Gasteiger partial charge on any atom is -0.744 e. The zero-order valence-electron chi connectivity index (χ0n) is 55.2. The molecule has 0 saturated carbocycles. The molecule has 0 saturated heterocycles. The Morgan fingerprint density at radius 1 is 0.275 bits per heavy atom. The standard InChI is InChI=1S/2C34H30N10O5S.2Na/c2*1-48-33-41-29(35-24-9-5-3-6-10-24)39-31(43-33)37-26-18-14-22(15-19-26)13-16-23-17-20-27(21-28(23)50(45,46)47)38-32-40-30(42-34(44-32)49-2)36-25-11-7-4-8-12-25;;/h2*3-21H,1-2H3,(H,45,46,47)(H2,35,37,39,41,43)(H2,36,38,40,42,44);;/q;;2*+1/p-2/b2*16-13+;;. The van der Waals surface area contributed by atoms with Crippen LogP contribution in [0.4, 0.5) is 93.1 Å². The summed E-state index contributed by atoms with van der Waals surface area (Å²) in [6.07, 6.45) is 6.46. The van der Waals surface area contributed by atoms with Crippen LogP contribution in [-0.4, -0.2) is 114 Å². The molecule has 12 rings (SSSR count). The first-order valence-electron chi connectivity index (χ1n) is 29.8. The first-order chi connectivity index (χ1) is 48.5. The van der Waals surface area contributed by atoms with E-state index < -0.39 is 30.0 Å². The van der Waals surface area contributed by atoms with Crippen molar-refractivity contribution in [1.82, 2.24) is 59.8 Å². The SMILES string of the molecule is COc1nc(Nc2ccccc2)nc(Nc2ccc(/C=C/c3ccc(Nc4nc(Nc5ccccc5)nc(OC)n4)cc3S(=O)(=O)[O-])cc2)n1.COc1nc(Nc2ccccc2)nc(Nc2ccc(/C=C/c3ccc(Nc4nc(Nc5ccccc5)nc(OC)n4)cc3S(=O)(=O)[O-])cc2)n1.[Na+].[Na+]. The van der Waals surface area contributed by atoms with Gasteiger partial charge < -0.3 is 70.6 Å². The molecule has 0 aliphatic carbocycles. The second-order valence-corrected chi connectivity index (χ2v) is 23.4. The van der Waals surface area contributed by atoms with Gasteiger partial charge in [-0.2, -0.15) is 59.8 Å². The number of hydrogen-bond donors (Lipinski definition) is 8. The van der Waals surface area contributed by atoms with Gasteiger partial charge in [-0.05, 0) is 119 Å². The average Bonchev–Trinajstić information content (AvgIpc) is 0.814. The van der Waals surface area contributed by atoms with Crippen LogP contribution >= 0.6 is 0 Å². The fraction of sp³-hybridized carbons (Fsp3) is 0.0588. The second kappa shape index (κ2) is 35.6. The quantitative estimate of drug-likeness (QED) is 0.0169. The van der Waals surface area contributed by atoms with Crippen molar-refractivity contribution < 1.29 is 104 Å². The summed E-state index contributed by atoms with van der Waals surface area (Å²) in [5.74, 6) is 1.65. The van der Waals surface area contributed by atoms with Crippen LogP contribution in [0.25, 0.3) is 24.3 Å². The summed E-state index contributed by atoms with van der Waals surface area (Å²) in [7, 11) is -3.97. The third-order valence-corrected chi connectivity index (χ3v) is 15.4. The summed E-state index contributed by atoms with van der Waals surface area (Å²) >= 11 is 0. The molecule has 30 nitrogen and oxygen atoms in total. The summed E-state index contributed by atoms with van der Waals surface area (Å²) in [4.78, 5) is 50.4. The molecule has 0 aliphatic rings. The van der Waals surface area contributed by atoms with Crippen molar-refractivity contribution in [2.45, 2.75) is 9.79 Å². The van der Waals surface area contributed by atoms with Gasteiger partial charge in [-0.25, -0.2) is 16.8 Å². The smallest absolute Gasteiger partial charge is 0.744 e. The maximum Gasteiger partial charge on any atom is 1.00 e. The maximum absolute atomic E-state index is 12.3. The van der Waals surface area contributed by atoms with E-state index in [1.54, 1.807) is 85.0 Å². The molecule has 0 radical (unpaired) electrons. The van der Waals surface area contributed by atoms with Crippen molar-refractivity contribution in [2.75, 3.05) is 71.0 Å². The van der Waals surface area contributed by atoms with E-state index in [-0.39, 0.29) is 141 Å². The number of hydrogen-bond acceptors (Lipinski definition) is 30. The number of methoxy groups -OCH3 is 4. The first-order valence-corrected chi connectivity index (χ1v) is 32.6. The summed E-state index contributed by atoms with van der Waals surface area (Å²) < 4.78 is 94.6. The summed E-state index contributed by atoms with van der Waals surface area (Å²) in [6, 6.07) is 60.7. The summed E-state index contributed by atoms with van der Waals surface area (Å²) in [5, 5.41) is 24.4. The Bertz CT molecular complexity index is 4780. The van der Waals surface area contributed by atoms with Crippen molar-refractivity contribution in [3.05, 3.63) is 229 Å². The van der Waals surface area contributed by atoms with Crippen LogP contribution in [0.1, 0.15) is 22.3 Å². The fourth-order valence-corrected chi connectivity index (χ4v) is 10.4. The molecule has 12 aromatic rings. The van der Waals surface area contributed by atoms with E-state index in [4.69, 9.17) is 18.9 Å². The van der Waals surface area contributed by atoms with Crippen molar-refractivity contribution in [1.29, 1.82) is 0 Å². The van der Waals surface area contributed by atoms with Gasteiger partial charge in [0.2, 0.25) is 47.6 Å². The molecule has 34 heteroatoms. The zero-order chi connectivity index (χ0) is 69.9. The average molecular weight is 1430 g/mol. The largest absolute Gasteiger partial charge is 1.00 e. The number of aromatic nitrogens is 12. The van der Waals surface area contributed by atoms with Gasteiger partial charge in [-0.3, -0.25) is 0 Å². The molecule has 0 spiro atoms. The van der Waals surface area contributed by atoms with Crippen LogP contribution in [0.2, 0.25) is 0 Å². The molecule has 0 amide bonds. The number of nitrogens with one attached hydrogen (secondary N) is 8. The minimum absolute atomic E-state index is 0. The fourth-order valence-electron chi connectivity index (χ4n) is 9.02. The van der Waals surface area contributed by atoms with Crippen molar-refractivity contribution >= 4 is 138 Å². The number of para-hydroxylation sites is 4. The molecular formula is C68H58N20Na2O10S2. The van der Waals surface area contributed by atoms with Crippen LogP contribution in [-0.2, 0) is 20.2 Å². The molecule has 102 heavy (non-hydrogen) atoms. The van der Waals surface area contributed by atoms with Gasteiger partial charge in [0.25, 0.3) is 0 Å². The van der Waals surface area contributed by atoms with Gasteiger partial charge in [-0.15, -0.1) is 0 Å². The van der Waals surface area contributed by atoms with Crippen LogP contribution < -0.4 is 121 Å². The van der Waals surface area contributed by atoms with E-state index in [9.17, 15) is 25.9 Å². The molecule has 8 N–H and O–H groups in total. The number of benzene rings is 8. The Labute approximate surface area is 629 Å². The number of anilines is 16. The van der Waals surface area contributed by atoms with Gasteiger partial charge >= 0.3 is 83.2 Å². The first kappa shape index (κ1) is 74.9. The number of nitrogens with zero attached hydrogens (tertiary/aromatic N) is 12. The molecule has 4 aromatic heterocycles. The van der Waals surface area contributed by atoms with E-state index >= 15 is 0 Å². The van der Waals surface area contributed by atoms with Crippen molar-refractivity contribution in [3.63, 3.8) is 0 Å². The van der Waals surface area contributed by atoms with E-state index in [2.05, 4.69) is 102 Å². The Hall–Kier alpha value is -11.3. The molecule has 0 fully saturated rings. The van der Waals surface area contributed by atoms with Gasteiger partial charge in [0, 0.05) is 45.5 Å². The minimum atomic E-state index is -4.86. The molecule has 0 atom stereocenters. The zero-order valence-corrected chi connectivity index (χ0v) is 60.8. The second-order valence-electron chi connectivity index (χ2n) is 20.7. The predicted octanol–water partition coefficient (Wildman–Crippen LogP) is 6.25. The summed E-state index contributed by atoms with van der Waals surface area (Å²) in [6.45, 7) is 0. The number of rotatable bonds is 26. The third kappa shape index (κ3) is 21.8. The van der Waals surface area contributed by atoms with Gasteiger partial charge in [-0.1, -0.05) is 133 Å². The third-order valence-electron chi connectivity index (χ3n) is 13.6. The van der Waals surface area contributed by atoms with Gasteiger partial charge in [0.15, 0.2) is 0 Å². The van der Waals surface area contributed by atoms with E-state index in [0.717, 1.165) is 33.9 Å². The predicted molar refractivity (Wildman–Crippen MR) is 377 cm³/mol. The summed E-state index contributed by atoms with van der Waals surface area (Å²) in [5.41, 5.74) is 6.84. The van der Waals surface area contributed by atoms with Crippen molar-refractivity contribution in [2.24, 2.45) is 0 Å². The molecule has 8 aromatic carbocycles. The van der Waals surface area contributed by atoms with E-state index in [0.29, 0.717) is 23.3 Å². The topological polar surface area (TPSA) is 402 Å². The maximum atomic E-state index is 12.3. The van der Waals surface area contributed by atoms with Crippen LogP contribution in [0.5, 0.6) is 24.0 Å². The Balaban J connectivity index is 0.000000233. The van der Waals surface area contributed by atoms with E-state index in [1.165, 1.54) is 52.7 Å². The molecule has 0 unspecified atom stereocenters. The molecular weight excluding hydrogens is 1370 g/mol. The molecule has 504 valence electrons.